The largest absolute Gasteiger partial charge is 0.477 e. The highest BCUT2D eigenvalue weighted by Gasteiger charge is 2.05. The Morgan fingerprint density at radius 2 is 2.00 bits per heavy atom. The molecule has 0 fully saturated rings. The zero-order chi connectivity index (χ0) is 9.68. The SMILES string of the molecule is CCOc1ncc(Cl)c(OCC)n1. The maximum atomic E-state index is 5.77. The number of nitrogens with zero attached hydrogens (tertiary/aromatic N) is 2. The molecular weight excluding hydrogens is 192 g/mol. The van der Waals surface area contributed by atoms with E-state index in [1.807, 2.05) is 13.8 Å². The van der Waals surface area contributed by atoms with Crippen LogP contribution in [0.5, 0.6) is 11.9 Å². The number of hydrogen-bond acceptors (Lipinski definition) is 4. The highest BCUT2D eigenvalue weighted by molar-refractivity contribution is 6.31. The van der Waals surface area contributed by atoms with Crippen LogP contribution in [0.2, 0.25) is 5.02 Å². The third kappa shape index (κ3) is 2.73. The second-order valence-electron chi connectivity index (χ2n) is 2.17. The van der Waals surface area contributed by atoms with Gasteiger partial charge in [-0.2, -0.15) is 4.98 Å². The van der Waals surface area contributed by atoms with E-state index in [1.54, 1.807) is 0 Å². The minimum Gasteiger partial charge on any atom is -0.477 e. The van der Waals surface area contributed by atoms with Gasteiger partial charge in [-0.1, -0.05) is 11.6 Å². The van der Waals surface area contributed by atoms with Gasteiger partial charge in [0.25, 0.3) is 0 Å². The Morgan fingerprint density at radius 1 is 1.31 bits per heavy atom. The molecule has 1 aromatic heterocycles. The Balaban J connectivity index is 2.83. The summed E-state index contributed by atoms with van der Waals surface area (Å²) >= 11 is 5.77. The van der Waals surface area contributed by atoms with Gasteiger partial charge in [0.2, 0.25) is 5.88 Å². The second kappa shape index (κ2) is 4.87. The van der Waals surface area contributed by atoms with E-state index in [0.29, 0.717) is 24.1 Å². The molecule has 1 aromatic rings. The lowest BCUT2D eigenvalue weighted by molar-refractivity contribution is 0.289. The quantitative estimate of drug-likeness (QED) is 0.749. The molecule has 0 aliphatic rings. The molecule has 1 rings (SSSR count). The minimum atomic E-state index is 0.287. The molecule has 0 N–H and O–H groups in total. The summed E-state index contributed by atoms with van der Waals surface area (Å²) in [5.74, 6) is 0.364. The summed E-state index contributed by atoms with van der Waals surface area (Å²) in [4.78, 5) is 7.83. The summed E-state index contributed by atoms with van der Waals surface area (Å²) in [5, 5.41) is 0.394. The number of halogens is 1. The molecule has 4 nitrogen and oxygen atoms in total. The van der Waals surface area contributed by atoms with Crippen molar-refractivity contribution in [1.82, 2.24) is 9.97 Å². The standard InChI is InChI=1S/C8H11ClN2O2/c1-3-12-7-6(9)5-10-8(11-7)13-4-2/h5H,3-4H2,1-2H3. The van der Waals surface area contributed by atoms with Crippen molar-refractivity contribution in [3.8, 4) is 11.9 Å². The van der Waals surface area contributed by atoms with E-state index in [0.717, 1.165) is 0 Å². The summed E-state index contributed by atoms with van der Waals surface area (Å²) < 4.78 is 10.2. The second-order valence-corrected chi connectivity index (χ2v) is 2.58. The van der Waals surface area contributed by atoms with Gasteiger partial charge >= 0.3 is 6.01 Å². The normalized spacial score (nSPS) is 9.77. The first kappa shape index (κ1) is 10.1. The molecule has 0 spiro atoms. The molecular formula is C8H11ClN2O2. The molecule has 0 bridgehead atoms. The lowest BCUT2D eigenvalue weighted by Gasteiger charge is -2.05. The first-order chi connectivity index (χ1) is 6.27. The monoisotopic (exact) mass is 202 g/mol. The molecule has 0 aliphatic heterocycles. The molecule has 72 valence electrons. The van der Waals surface area contributed by atoms with E-state index >= 15 is 0 Å². The van der Waals surface area contributed by atoms with Gasteiger partial charge in [-0.05, 0) is 13.8 Å². The van der Waals surface area contributed by atoms with E-state index in [4.69, 9.17) is 21.1 Å². The van der Waals surface area contributed by atoms with Crippen LogP contribution in [0.4, 0.5) is 0 Å². The summed E-state index contributed by atoms with van der Waals surface area (Å²) in [6.07, 6.45) is 1.46. The van der Waals surface area contributed by atoms with E-state index in [-0.39, 0.29) is 6.01 Å². The van der Waals surface area contributed by atoms with Crippen LogP contribution in [-0.4, -0.2) is 23.2 Å². The lowest BCUT2D eigenvalue weighted by Crippen LogP contribution is -2.01. The van der Waals surface area contributed by atoms with Gasteiger partial charge in [0, 0.05) is 0 Å². The minimum absolute atomic E-state index is 0.287. The van der Waals surface area contributed by atoms with Crippen molar-refractivity contribution < 1.29 is 9.47 Å². The average molecular weight is 203 g/mol. The Labute approximate surface area is 81.9 Å². The summed E-state index contributed by atoms with van der Waals surface area (Å²) in [6, 6.07) is 0.287. The fraction of sp³-hybridized carbons (Fsp3) is 0.500. The van der Waals surface area contributed by atoms with Crippen LogP contribution in [0.3, 0.4) is 0 Å². The van der Waals surface area contributed by atoms with Crippen molar-refractivity contribution >= 4 is 11.6 Å². The zero-order valence-electron chi connectivity index (χ0n) is 7.58. The van der Waals surface area contributed by atoms with Crippen molar-refractivity contribution in [2.45, 2.75) is 13.8 Å². The van der Waals surface area contributed by atoms with Gasteiger partial charge in [-0.15, -0.1) is 0 Å². The average Bonchev–Trinajstić information content (AvgIpc) is 2.12. The van der Waals surface area contributed by atoms with Gasteiger partial charge < -0.3 is 9.47 Å². The predicted octanol–water partition coefficient (Wildman–Crippen LogP) is 1.93. The summed E-state index contributed by atoms with van der Waals surface area (Å²) in [7, 11) is 0. The molecule has 0 amide bonds. The molecule has 0 aliphatic carbocycles. The molecule has 0 radical (unpaired) electrons. The molecule has 0 saturated carbocycles. The van der Waals surface area contributed by atoms with Crippen LogP contribution in [0.25, 0.3) is 0 Å². The van der Waals surface area contributed by atoms with Crippen LogP contribution in [-0.2, 0) is 0 Å². The topological polar surface area (TPSA) is 44.2 Å². The first-order valence-corrected chi connectivity index (χ1v) is 4.43. The lowest BCUT2D eigenvalue weighted by atomic mass is 10.6. The Bertz CT molecular complexity index is 281. The molecule has 0 unspecified atom stereocenters. The van der Waals surface area contributed by atoms with Crippen molar-refractivity contribution in [2.75, 3.05) is 13.2 Å². The van der Waals surface area contributed by atoms with Gasteiger partial charge in [-0.25, -0.2) is 4.98 Å². The van der Waals surface area contributed by atoms with Crippen molar-refractivity contribution in [3.63, 3.8) is 0 Å². The van der Waals surface area contributed by atoms with Crippen LogP contribution in [0.15, 0.2) is 6.20 Å². The van der Waals surface area contributed by atoms with E-state index in [9.17, 15) is 0 Å². The molecule has 5 heteroatoms. The summed E-state index contributed by atoms with van der Waals surface area (Å²) in [6.45, 7) is 4.76. The van der Waals surface area contributed by atoms with Crippen LogP contribution in [0, 0.1) is 0 Å². The third-order valence-electron chi connectivity index (χ3n) is 1.24. The maximum Gasteiger partial charge on any atom is 0.319 e. The van der Waals surface area contributed by atoms with Gasteiger partial charge in [0.15, 0.2) is 0 Å². The van der Waals surface area contributed by atoms with Crippen LogP contribution < -0.4 is 9.47 Å². The van der Waals surface area contributed by atoms with Crippen LogP contribution in [0.1, 0.15) is 13.8 Å². The number of ether oxygens (including phenoxy) is 2. The van der Waals surface area contributed by atoms with Gasteiger partial charge in [0.05, 0.1) is 19.4 Å². The third-order valence-corrected chi connectivity index (χ3v) is 1.50. The van der Waals surface area contributed by atoms with Gasteiger partial charge in [-0.3, -0.25) is 0 Å². The molecule has 0 saturated heterocycles. The van der Waals surface area contributed by atoms with Crippen LogP contribution >= 0.6 is 11.6 Å². The molecule has 13 heavy (non-hydrogen) atoms. The zero-order valence-corrected chi connectivity index (χ0v) is 8.34. The number of aromatic nitrogens is 2. The maximum absolute atomic E-state index is 5.77. The molecule has 0 atom stereocenters. The fourth-order valence-electron chi connectivity index (χ4n) is 0.773. The van der Waals surface area contributed by atoms with Crippen molar-refractivity contribution in [3.05, 3.63) is 11.2 Å². The van der Waals surface area contributed by atoms with Crippen molar-refractivity contribution in [2.24, 2.45) is 0 Å². The van der Waals surface area contributed by atoms with E-state index in [1.165, 1.54) is 6.20 Å². The van der Waals surface area contributed by atoms with Crippen molar-refractivity contribution in [1.29, 1.82) is 0 Å². The highest BCUT2D eigenvalue weighted by Crippen LogP contribution is 2.22. The summed E-state index contributed by atoms with van der Waals surface area (Å²) in [5.41, 5.74) is 0. The number of hydrogen-bond donors (Lipinski definition) is 0. The molecule has 0 aromatic carbocycles. The molecule has 1 heterocycles. The fourth-order valence-corrected chi connectivity index (χ4v) is 0.918. The highest BCUT2D eigenvalue weighted by atomic mass is 35.5. The predicted molar refractivity (Wildman–Crippen MR) is 49.4 cm³/mol. The number of rotatable bonds is 4. The van der Waals surface area contributed by atoms with Gasteiger partial charge in [0.1, 0.15) is 5.02 Å². The Hall–Kier alpha value is -1.03. The smallest absolute Gasteiger partial charge is 0.319 e. The van der Waals surface area contributed by atoms with E-state index < -0.39 is 0 Å². The van der Waals surface area contributed by atoms with E-state index in [2.05, 4.69) is 9.97 Å². The Morgan fingerprint density at radius 3 is 2.62 bits per heavy atom. The first-order valence-electron chi connectivity index (χ1n) is 4.06. The Kier molecular flexibility index (Phi) is 3.76.